The molecule has 5 atom stereocenters. The number of nitrogens with one attached hydrogen (secondary N) is 1. The van der Waals surface area contributed by atoms with Gasteiger partial charge in [0.2, 0.25) is 6.79 Å². The van der Waals surface area contributed by atoms with E-state index in [4.69, 9.17) is 18.9 Å². The summed E-state index contributed by atoms with van der Waals surface area (Å²) in [6, 6.07) is 9.91. The number of hydrogen-bond acceptors (Lipinski definition) is 7. The normalized spacial score (nSPS) is 23.3. The van der Waals surface area contributed by atoms with E-state index < -0.39 is 18.0 Å². The molecular weight excluding hydrogens is 450 g/mol. The highest BCUT2D eigenvalue weighted by atomic mass is 16.7. The van der Waals surface area contributed by atoms with Gasteiger partial charge in [-0.15, -0.1) is 0 Å². The molecule has 0 saturated heterocycles. The Bertz CT molecular complexity index is 1130. The van der Waals surface area contributed by atoms with Gasteiger partial charge in [-0.1, -0.05) is 18.2 Å². The second-order valence-corrected chi connectivity index (χ2v) is 10.4. The van der Waals surface area contributed by atoms with Gasteiger partial charge in [0, 0.05) is 23.6 Å². The molecule has 1 fully saturated rings. The third-order valence-electron chi connectivity index (χ3n) is 7.13. The van der Waals surface area contributed by atoms with Crippen molar-refractivity contribution in [3.8, 4) is 17.2 Å². The zero-order chi connectivity index (χ0) is 24.9. The van der Waals surface area contributed by atoms with Gasteiger partial charge in [-0.3, -0.25) is 4.79 Å². The minimum absolute atomic E-state index is 0.119. The molecule has 2 aliphatic heterocycles. The van der Waals surface area contributed by atoms with E-state index in [9.17, 15) is 15.0 Å². The van der Waals surface area contributed by atoms with E-state index in [0.717, 1.165) is 45.9 Å². The number of carbonyl (C=O) groups is 1. The summed E-state index contributed by atoms with van der Waals surface area (Å²) in [7, 11) is 0. The molecule has 8 nitrogen and oxygen atoms in total. The Morgan fingerprint density at radius 1 is 1.23 bits per heavy atom. The number of fused-ring (bicyclic) bond motifs is 4. The molecule has 0 spiro atoms. The maximum atomic E-state index is 11.5. The molecule has 0 aromatic heterocycles. The molecule has 1 saturated carbocycles. The number of carboxylic acid groups (broad SMARTS) is 1. The number of β-amino-alcohol motifs (C(OH)–C–C–N with tert-alkyl or cyclic N) is 1. The Hall–Kier alpha value is -2.81. The third-order valence-corrected chi connectivity index (χ3v) is 7.13. The van der Waals surface area contributed by atoms with Crippen molar-refractivity contribution in [3.63, 3.8) is 0 Å². The average molecular weight is 484 g/mol. The number of ether oxygens (including phenoxy) is 4. The number of hydrogen-bond donors (Lipinski definition) is 3. The summed E-state index contributed by atoms with van der Waals surface area (Å²) in [5.74, 6) is 0.891. The van der Waals surface area contributed by atoms with Gasteiger partial charge < -0.3 is 34.5 Å². The summed E-state index contributed by atoms with van der Waals surface area (Å²) >= 11 is 0. The molecule has 1 aliphatic carbocycles. The summed E-state index contributed by atoms with van der Waals surface area (Å²) in [4.78, 5) is 11.5. The molecule has 0 amide bonds. The summed E-state index contributed by atoms with van der Waals surface area (Å²) < 4.78 is 22.8. The Morgan fingerprint density at radius 3 is 2.77 bits per heavy atom. The monoisotopic (exact) mass is 483 g/mol. The molecule has 0 unspecified atom stereocenters. The van der Waals surface area contributed by atoms with Gasteiger partial charge in [-0.05, 0) is 62.9 Å². The van der Waals surface area contributed by atoms with Gasteiger partial charge in [0.1, 0.15) is 17.8 Å². The van der Waals surface area contributed by atoms with Crippen LogP contribution < -0.4 is 19.5 Å². The van der Waals surface area contributed by atoms with E-state index in [-0.39, 0.29) is 37.1 Å². The van der Waals surface area contributed by atoms with E-state index in [2.05, 4.69) is 19.2 Å². The van der Waals surface area contributed by atoms with Crippen LogP contribution in [0.1, 0.15) is 55.0 Å². The Balaban J connectivity index is 1.15. The Morgan fingerprint density at radius 2 is 2.00 bits per heavy atom. The minimum atomic E-state index is -0.823. The van der Waals surface area contributed by atoms with Crippen molar-refractivity contribution in [1.82, 2.24) is 5.32 Å². The Labute approximate surface area is 205 Å². The molecule has 2 heterocycles. The fourth-order valence-corrected chi connectivity index (χ4v) is 5.20. The molecule has 188 valence electrons. The van der Waals surface area contributed by atoms with Crippen molar-refractivity contribution in [2.45, 2.75) is 63.9 Å². The number of aryl methyl sites for hydroxylation is 1. The van der Waals surface area contributed by atoms with Gasteiger partial charge in [0.15, 0.2) is 11.5 Å². The molecule has 3 aliphatic rings. The first-order valence-electron chi connectivity index (χ1n) is 12.1. The zero-order valence-corrected chi connectivity index (χ0v) is 20.5. The first-order chi connectivity index (χ1) is 16.6. The molecule has 5 rings (SSSR count). The van der Waals surface area contributed by atoms with Crippen molar-refractivity contribution in [3.05, 3.63) is 52.6 Å². The molecule has 3 N–H and O–H groups in total. The summed E-state index contributed by atoms with van der Waals surface area (Å²) in [5, 5.41) is 23.5. The predicted octanol–water partition coefficient (Wildman–Crippen LogP) is 3.33. The SMILES string of the molecule is Cc1ccc([C@@H](C)OC[C@H](O)CNC(C)(C)Cc2ccc3c(c2)OCO3)c2c1O[C@@H]1[C@@H](C(=O)O)[C@H]21. The predicted molar refractivity (Wildman–Crippen MR) is 128 cm³/mol. The van der Waals surface area contributed by atoms with Gasteiger partial charge in [0.25, 0.3) is 0 Å². The van der Waals surface area contributed by atoms with Crippen LogP contribution in [0.25, 0.3) is 0 Å². The van der Waals surface area contributed by atoms with E-state index in [1.165, 1.54) is 0 Å². The summed E-state index contributed by atoms with van der Waals surface area (Å²) in [6.45, 7) is 8.88. The van der Waals surface area contributed by atoms with Gasteiger partial charge in [-0.25, -0.2) is 0 Å². The van der Waals surface area contributed by atoms with Crippen molar-refractivity contribution in [2.24, 2.45) is 5.92 Å². The fraction of sp³-hybridized carbons (Fsp3) is 0.519. The van der Waals surface area contributed by atoms with E-state index in [1.807, 2.05) is 44.2 Å². The lowest BCUT2D eigenvalue weighted by Gasteiger charge is -2.28. The van der Waals surface area contributed by atoms with E-state index in [1.54, 1.807) is 0 Å². The molecule has 8 heteroatoms. The maximum absolute atomic E-state index is 11.5. The Kier molecular flexibility index (Phi) is 6.15. The molecule has 0 bridgehead atoms. The smallest absolute Gasteiger partial charge is 0.311 e. The van der Waals surface area contributed by atoms with Gasteiger partial charge in [0.05, 0.1) is 18.8 Å². The van der Waals surface area contributed by atoms with Crippen LogP contribution in [0, 0.1) is 12.8 Å². The molecule has 0 radical (unpaired) electrons. The van der Waals surface area contributed by atoms with Crippen molar-refractivity contribution < 1.29 is 34.0 Å². The highest BCUT2D eigenvalue weighted by Crippen LogP contribution is 2.61. The standard InChI is InChI=1S/C27H33NO7/c1-14-5-7-18(21-22-23(26(30)31)25(22)35-24(14)21)15(2)32-12-17(29)11-28-27(3,4)10-16-6-8-19-20(9-16)34-13-33-19/h5-9,15,17,22-23,25,28-29H,10-13H2,1-4H3,(H,30,31)/t15-,17-,22+,23+,25+/m1/s1. The molecule has 35 heavy (non-hydrogen) atoms. The highest BCUT2D eigenvalue weighted by molar-refractivity contribution is 5.79. The lowest BCUT2D eigenvalue weighted by Crippen LogP contribution is -2.46. The van der Waals surface area contributed by atoms with Crippen molar-refractivity contribution in [2.75, 3.05) is 19.9 Å². The quantitative estimate of drug-likeness (QED) is 0.473. The highest BCUT2D eigenvalue weighted by Gasteiger charge is 2.64. The van der Waals surface area contributed by atoms with Crippen LogP contribution in [-0.4, -0.2) is 53.9 Å². The van der Waals surface area contributed by atoms with Crippen LogP contribution in [0.3, 0.4) is 0 Å². The number of aliphatic hydroxyl groups excluding tert-OH is 1. The molecule has 2 aromatic carbocycles. The topological polar surface area (TPSA) is 106 Å². The zero-order valence-electron chi connectivity index (χ0n) is 20.5. The maximum Gasteiger partial charge on any atom is 0.311 e. The molecule has 2 aromatic rings. The lowest BCUT2D eigenvalue weighted by atomic mass is 9.94. The first kappa shape index (κ1) is 23.9. The van der Waals surface area contributed by atoms with Crippen molar-refractivity contribution >= 4 is 5.97 Å². The summed E-state index contributed by atoms with van der Waals surface area (Å²) in [6.07, 6.45) is -0.505. The van der Waals surface area contributed by atoms with Crippen LogP contribution in [0.4, 0.5) is 0 Å². The van der Waals surface area contributed by atoms with Crippen LogP contribution in [0.5, 0.6) is 17.2 Å². The van der Waals surface area contributed by atoms with Crippen molar-refractivity contribution in [1.29, 1.82) is 0 Å². The van der Waals surface area contributed by atoms with Gasteiger partial charge in [-0.2, -0.15) is 0 Å². The fourth-order valence-electron chi connectivity index (χ4n) is 5.20. The van der Waals surface area contributed by atoms with E-state index >= 15 is 0 Å². The van der Waals surface area contributed by atoms with Gasteiger partial charge >= 0.3 is 5.97 Å². The van der Waals surface area contributed by atoms with Crippen LogP contribution >= 0.6 is 0 Å². The van der Waals surface area contributed by atoms with Crippen LogP contribution in [0.15, 0.2) is 30.3 Å². The second kappa shape index (κ2) is 9.00. The largest absolute Gasteiger partial charge is 0.488 e. The number of benzene rings is 2. The number of aliphatic hydroxyl groups is 1. The minimum Gasteiger partial charge on any atom is -0.488 e. The van der Waals surface area contributed by atoms with Crippen LogP contribution in [-0.2, 0) is 16.0 Å². The number of carboxylic acids is 1. The first-order valence-corrected chi connectivity index (χ1v) is 12.1. The lowest BCUT2D eigenvalue weighted by molar-refractivity contribution is -0.139. The number of rotatable bonds is 10. The number of aliphatic carboxylic acids is 1. The molecular formula is C27H33NO7. The summed E-state index contributed by atoms with van der Waals surface area (Å²) in [5.41, 5.74) is 3.76. The van der Waals surface area contributed by atoms with E-state index in [0.29, 0.717) is 6.54 Å². The second-order valence-electron chi connectivity index (χ2n) is 10.4. The third kappa shape index (κ3) is 4.70. The van der Waals surface area contributed by atoms with Crippen LogP contribution in [0.2, 0.25) is 0 Å². The average Bonchev–Trinajstić information content (AvgIpc) is 3.12.